The van der Waals surface area contributed by atoms with Gasteiger partial charge in [-0.1, -0.05) is 87.2 Å². The van der Waals surface area contributed by atoms with Crippen molar-refractivity contribution in [2.45, 2.75) is 70.5 Å². The molecule has 3 unspecified atom stereocenters. The molecule has 1 rings (SSSR count). The Morgan fingerprint density at radius 3 is 2.00 bits per heavy atom. The van der Waals surface area contributed by atoms with E-state index in [1.54, 1.807) is 0 Å². The minimum atomic E-state index is 0.509. The Hall–Kier alpha value is -0.300. The molecule has 0 aliphatic carbocycles. The van der Waals surface area contributed by atoms with Crippen LogP contribution in [0.5, 0.6) is 0 Å². The standard InChI is InChI=1S/C18H29Br/c1-5-8-9-15(7-3)18(19)17-12-10-16(11-13-17)14(4)6-2/h10-15,18H,5-9H2,1-4H3. The first kappa shape index (κ1) is 16.8. The number of alkyl halides is 1. The Labute approximate surface area is 128 Å². The first-order valence-corrected chi connectivity index (χ1v) is 8.79. The largest absolute Gasteiger partial charge is 0.0836 e. The lowest BCUT2D eigenvalue weighted by Crippen LogP contribution is -2.07. The molecule has 19 heavy (non-hydrogen) atoms. The average Bonchev–Trinajstić information content (AvgIpc) is 2.47. The summed E-state index contributed by atoms with van der Waals surface area (Å²) < 4.78 is 0. The first-order valence-electron chi connectivity index (χ1n) is 7.87. The van der Waals surface area contributed by atoms with Crippen molar-refractivity contribution in [3.05, 3.63) is 35.4 Å². The van der Waals surface area contributed by atoms with Crippen LogP contribution in [0.15, 0.2) is 24.3 Å². The van der Waals surface area contributed by atoms with E-state index in [0.29, 0.717) is 10.7 Å². The second kappa shape index (κ2) is 8.79. The van der Waals surface area contributed by atoms with Gasteiger partial charge >= 0.3 is 0 Å². The number of unbranched alkanes of at least 4 members (excludes halogenated alkanes) is 1. The van der Waals surface area contributed by atoms with Crippen LogP contribution >= 0.6 is 15.9 Å². The fourth-order valence-corrected chi connectivity index (χ4v) is 3.48. The van der Waals surface area contributed by atoms with E-state index in [0.717, 1.165) is 5.92 Å². The molecule has 0 aliphatic rings. The highest BCUT2D eigenvalue weighted by molar-refractivity contribution is 9.09. The van der Waals surface area contributed by atoms with E-state index in [1.807, 2.05) is 0 Å². The maximum atomic E-state index is 3.92. The molecule has 0 bridgehead atoms. The summed E-state index contributed by atoms with van der Waals surface area (Å²) in [6, 6.07) is 9.25. The Balaban J connectivity index is 2.72. The van der Waals surface area contributed by atoms with Crippen LogP contribution in [0.3, 0.4) is 0 Å². The third-order valence-electron chi connectivity index (χ3n) is 4.30. The van der Waals surface area contributed by atoms with E-state index < -0.39 is 0 Å². The summed E-state index contributed by atoms with van der Waals surface area (Å²) in [4.78, 5) is 0.509. The zero-order chi connectivity index (χ0) is 14.3. The van der Waals surface area contributed by atoms with Gasteiger partial charge in [-0.25, -0.2) is 0 Å². The Kier molecular flexibility index (Phi) is 7.75. The van der Waals surface area contributed by atoms with Gasteiger partial charge in [-0.15, -0.1) is 0 Å². The molecule has 0 heterocycles. The predicted octanol–water partition coefficient (Wildman–Crippen LogP) is 6.85. The Bertz CT molecular complexity index is 341. The van der Waals surface area contributed by atoms with Crippen molar-refractivity contribution in [1.29, 1.82) is 0 Å². The van der Waals surface area contributed by atoms with Gasteiger partial charge in [-0.3, -0.25) is 0 Å². The van der Waals surface area contributed by atoms with E-state index in [4.69, 9.17) is 0 Å². The van der Waals surface area contributed by atoms with Gasteiger partial charge in [0.05, 0.1) is 0 Å². The lowest BCUT2D eigenvalue weighted by molar-refractivity contribution is 0.446. The summed E-state index contributed by atoms with van der Waals surface area (Å²) in [6.45, 7) is 9.14. The van der Waals surface area contributed by atoms with Crippen molar-refractivity contribution < 1.29 is 0 Å². The zero-order valence-corrected chi connectivity index (χ0v) is 14.5. The molecule has 0 nitrogen and oxygen atoms in total. The second-order valence-electron chi connectivity index (χ2n) is 5.69. The summed E-state index contributed by atoms with van der Waals surface area (Å²) in [5.41, 5.74) is 2.91. The SMILES string of the molecule is CCCCC(CC)C(Br)c1ccc(C(C)CC)cc1. The third-order valence-corrected chi connectivity index (χ3v) is 5.58. The fourth-order valence-electron chi connectivity index (χ4n) is 2.54. The molecule has 3 atom stereocenters. The highest BCUT2D eigenvalue weighted by Gasteiger charge is 2.18. The van der Waals surface area contributed by atoms with Crippen LogP contribution < -0.4 is 0 Å². The molecule has 0 saturated carbocycles. The summed E-state index contributed by atoms with van der Waals surface area (Å²) in [6.07, 6.45) is 6.43. The molecule has 0 aromatic heterocycles. The van der Waals surface area contributed by atoms with Gasteiger partial charge in [0, 0.05) is 4.83 Å². The molecule has 0 fully saturated rings. The molecule has 0 spiro atoms. The quantitative estimate of drug-likeness (QED) is 0.458. The maximum absolute atomic E-state index is 3.92. The van der Waals surface area contributed by atoms with Gasteiger partial charge in [0.15, 0.2) is 0 Å². The molecule has 1 aromatic rings. The Morgan fingerprint density at radius 1 is 0.947 bits per heavy atom. The van der Waals surface area contributed by atoms with Crippen molar-refractivity contribution in [1.82, 2.24) is 0 Å². The van der Waals surface area contributed by atoms with Gasteiger partial charge < -0.3 is 0 Å². The van der Waals surface area contributed by atoms with E-state index >= 15 is 0 Å². The summed E-state index contributed by atoms with van der Waals surface area (Å²) in [5.74, 6) is 1.43. The third kappa shape index (κ3) is 4.95. The summed E-state index contributed by atoms with van der Waals surface area (Å²) in [5, 5.41) is 0. The lowest BCUT2D eigenvalue weighted by atomic mass is 9.90. The van der Waals surface area contributed by atoms with Crippen molar-refractivity contribution in [3.8, 4) is 0 Å². The highest BCUT2D eigenvalue weighted by atomic mass is 79.9. The monoisotopic (exact) mass is 324 g/mol. The molecule has 0 aliphatic heterocycles. The van der Waals surface area contributed by atoms with Crippen LogP contribution in [0, 0.1) is 5.92 Å². The molecule has 0 radical (unpaired) electrons. The average molecular weight is 325 g/mol. The molecular weight excluding hydrogens is 296 g/mol. The van der Waals surface area contributed by atoms with Gasteiger partial charge in [0.2, 0.25) is 0 Å². The van der Waals surface area contributed by atoms with Crippen molar-refractivity contribution in [2.24, 2.45) is 5.92 Å². The smallest absolute Gasteiger partial charge is 0.0423 e. The van der Waals surface area contributed by atoms with Crippen molar-refractivity contribution in [3.63, 3.8) is 0 Å². The normalized spacial score (nSPS) is 16.1. The molecule has 0 N–H and O–H groups in total. The van der Waals surface area contributed by atoms with Crippen LogP contribution in [0.1, 0.15) is 81.7 Å². The minimum absolute atomic E-state index is 0.509. The van der Waals surface area contributed by atoms with Crippen molar-refractivity contribution >= 4 is 15.9 Å². The maximum Gasteiger partial charge on any atom is 0.0423 e. The van der Waals surface area contributed by atoms with E-state index in [2.05, 4.69) is 67.9 Å². The minimum Gasteiger partial charge on any atom is -0.0836 e. The molecule has 0 saturated heterocycles. The zero-order valence-electron chi connectivity index (χ0n) is 13.0. The van der Waals surface area contributed by atoms with Crippen LogP contribution in [0.25, 0.3) is 0 Å². The van der Waals surface area contributed by atoms with Gasteiger partial charge in [-0.2, -0.15) is 0 Å². The summed E-state index contributed by atoms with van der Waals surface area (Å²) >= 11 is 3.92. The topological polar surface area (TPSA) is 0 Å². The van der Waals surface area contributed by atoms with Crippen LogP contribution in [0.4, 0.5) is 0 Å². The predicted molar refractivity (Wildman–Crippen MR) is 90.1 cm³/mol. The molecule has 108 valence electrons. The van der Waals surface area contributed by atoms with Gasteiger partial charge in [-0.05, 0) is 35.8 Å². The van der Waals surface area contributed by atoms with Crippen LogP contribution in [-0.2, 0) is 0 Å². The number of hydrogen-bond acceptors (Lipinski definition) is 0. The number of halogens is 1. The van der Waals surface area contributed by atoms with E-state index in [-0.39, 0.29) is 0 Å². The van der Waals surface area contributed by atoms with Gasteiger partial charge in [0.1, 0.15) is 0 Å². The lowest BCUT2D eigenvalue weighted by Gasteiger charge is -2.22. The number of benzene rings is 1. The van der Waals surface area contributed by atoms with E-state index in [1.165, 1.54) is 43.2 Å². The second-order valence-corrected chi connectivity index (χ2v) is 6.67. The molecule has 1 heteroatoms. The number of hydrogen-bond donors (Lipinski definition) is 0. The molecular formula is C18H29Br. The fraction of sp³-hybridized carbons (Fsp3) is 0.667. The molecule has 1 aromatic carbocycles. The first-order chi connectivity index (χ1) is 9.13. The van der Waals surface area contributed by atoms with E-state index in [9.17, 15) is 0 Å². The summed E-state index contributed by atoms with van der Waals surface area (Å²) in [7, 11) is 0. The van der Waals surface area contributed by atoms with Crippen LogP contribution in [-0.4, -0.2) is 0 Å². The Morgan fingerprint density at radius 2 is 1.53 bits per heavy atom. The number of rotatable bonds is 8. The highest BCUT2D eigenvalue weighted by Crippen LogP contribution is 2.36. The van der Waals surface area contributed by atoms with Gasteiger partial charge in [0.25, 0.3) is 0 Å². The van der Waals surface area contributed by atoms with Crippen LogP contribution in [0.2, 0.25) is 0 Å². The molecule has 0 amide bonds. The van der Waals surface area contributed by atoms with Crippen molar-refractivity contribution in [2.75, 3.05) is 0 Å².